The Morgan fingerprint density at radius 1 is 1.13 bits per heavy atom. The number of anilines is 1. The van der Waals surface area contributed by atoms with E-state index < -0.39 is 0 Å². The van der Waals surface area contributed by atoms with Crippen LogP contribution in [0.4, 0.5) is 5.95 Å². The molecule has 0 aliphatic carbocycles. The molecule has 9 nitrogen and oxygen atoms in total. The van der Waals surface area contributed by atoms with Crippen LogP contribution in [0.3, 0.4) is 0 Å². The van der Waals surface area contributed by atoms with E-state index in [1.165, 1.54) is 0 Å². The van der Waals surface area contributed by atoms with Gasteiger partial charge in [0, 0.05) is 83.9 Å². The number of nitrogens with one attached hydrogen (secondary N) is 1. The molecular formula is C22H33N7O2. The standard InChI is InChI=1S/C22H33N7O2/c1-23-21(27(2)17-18-6-7-19(30-3)16-20(18)31-4)26-10-11-28-12-14-29(15-13-28)22-24-8-5-9-25-22/h5-9,16H,10-15,17H2,1-4H3,(H,23,26). The Labute approximate surface area is 184 Å². The maximum Gasteiger partial charge on any atom is 0.225 e. The number of nitrogens with zero attached hydrogens (tertiary/aromatic N) is 6. The van der Waals surface area contributed by atoms with Gasteiger partial charge >= 0.3 is 0 Å². The second-order valence-electron chi connectivity index (χ2n) is 7.39. The summed E-state index contributed by atoms with van der Waals surface area (Å²) in [6, 6.07) is 7.72. The molecule has 3 rings (SSSR count). The molecular weight excluding hydrogens is 394 g/mol. The number of guanidine groups is 1. The Morgan fingerprint density at radius 2 is 1.87 bits per heavy atom. The summed E-state index contributed by atoms with van der Waals surface area (Å²) >= 11 is 0. The van der Waals surface area contributed by atoms with Crippen molar-refractivity contribution in [3.05, 3.63) is 42.2 Å². The Morgan fingerprint density at radius 3 is 2.52 bits per heavy atom. The van der Waals surface area contributed by atoms with E-state index >= 15 is 0 Å². The lowest BCUT2D eigenvalue weighted by molar-refractivity contribution is 0.259. The summed E-state index contributed by atoms with van der Waals surface area (Å²) < 4.78 is 10.8. The van der Waals surface area contributed by atoms with Crippen LogP contribution in [0.5, 0.6) is 11.5 Å². The SMILES string of the molecule is CN=C(NCCN1CCN(c2ncccn2)CC1)N(C)Cc1ccc(OC)cc1OC. The number of hydrogen-bond acceptors (Lipinski definition) is 7. The lowest BCUT2D eigenvalue weighted by atomic mass is 10.2. The van der Waals surface area contributed by atoms with Gasteiger partial charge in [-0.3, -0.25) is 9.89 Å². The lowest BCUT2D eigenvalue weighted by Gasteiger charge is -2.34. The van der Waals surface area contributed by atoms with Gasteiger partial charge in [-0.05, 0) is 18.2 Å². The van der Waals surface area contributed by atoms with Gasteiger partial charge < -0.3 is 24.6 Å². The highest BCUT2D eigenvalue weighted by Crippen LogP contribution is 2.25. The van der Waals surface area contributed by atoms with E-state index in [-0.39, 0.29) is 0 Å². The third kappa shape index (κ3) is 6.21. The highest BCUT2D eigenvalue weighted by molar-refractivity contribution is 5.79. The van der Waals surface area contributed by atoms with Gasteiger partial charge in [0.05, 0.1) is 14.2 Å². The summed E-state index contributed by atoms with van der Waals surface area (Å²) in [5, 5.41) is 3.47. The summed E-state index contributed by atoms with van der Waals surface area (Å²) in [5.41, 5.74) is 1.08. The van der Waals surface area contributed by atoms with E-state index in [1.54, 1.807) is 26.6 Å². The number of benzene rings is 1. The third-order valence-corrected chi connectivity index (χ3v) is 5.39. The predicted molar refractivity (Wildman–Crippen MR) is 123 cm³/mol. The molecule has 9 heteroatoms. The smallest absolute Gasteiger partial charge is 0.225 e. The van der Waals surface area contributed by atoms with Crippen molar-refractivity contribution in [2.24, 2.45) is 4.99 Å². The van der Waals surface area contributed by atoms with E-state index in [4.69, 9.17) is 9.47 Å². The first-order chi connectivity index (χ1) is 15.1. The number of ether oxygens (including phenoxy) is 2. The van der Waals surface area contributed by atoms with Crippen LogP contribution in [0.1, 0.15) is 5.56 Å². The maximum atomic E-state index is 5.52. The summed E-state index contributed by atoms with van der Waals surface area (Å²) in [7, 11) is 7.16. The molecule has 1 aliphatic rings. The second kappa shape index (κ2) is 11.4. The molecule has 1 N–H and O–H groups in total. The monoisotopic (exact) mass is 427 g/mol. The highest BCUT2D eigenvalue weighted by atomic mass is 16.5. The molecule has 0 bridgehead atoms. The molecule has 0 spiro atoms. The Hall–Kier alpha value is -3.07. The summed E-state index contributed by atoms with van der Waals surface area (Å²) in [6.45, 7) is 6.35. The van der Waals surface area contributed by atoms with E-state index in [2.05, 4.69) is 35.0 Å². The molecule has 1 aromatic carbocycles. The normalized spacial score (nSPS) is 15.0. The minimum atomic E-state index is 0.683. The van der Waals surface area contributed by atoms with Crippen LogP contribution in [0.25, 0.3) is 0 Å². The first kappa shape index (κ1) is 22.6. The summed E-state index contributed by atoms with van der Waals surface area (Å²) in [6.07, 6.45) is 3.59. The summed E-state index contributed by atoms with van der Waals surface area (Å²) in [4.78, 5) is 19.9. The Kier molecular flexibility index (Phi) is 8.28. The van der Waals surface area contributed by atoms with Crippen LogP contribution in [-0.4, -0.2) is 93.3 Å². The molecule has 1 saturated heterocycles. The Bertz CT molecular complexity index is 839. The van der Waals surface area contributed by atoms with Crippen molar-refractivity contribution < 1.29 is 9.47 Å². The zero-order valence-corrected chi connectivity index (χ0v) is 18.9. The predicted octanol–water partition coefficient (Wildman–Crippen LogP) is 1.32. The zero-order valence-electron chi connectivity index (χ0n) is 18.9. The van der Waals surface area contributed by atoms with Gasteiger partial charge in [0.25, 0.3) is 0 Å². The van der Waals surface area contributed by atoms with Crippen LogP contribution >= 0.6 is 0 Å². The van der Waals surface area contributed by atoms with Crippen molar-refractivity contribution in [3.8, 4) is 11.5 Å². The first-order valence-electron chi connectivity index (χ1n) is 10.5. The topological polar surface area (TPSA) is 78.4 Å². The molecule has 0 radical (unpaired) electrons. The van der Waals surface area contributed by atoms with Crippen LogP contribution in [0, 0.1) is 0 Å². The Balaban J connectivity index is 1.44. The second-order valence-corrected chi connectivity index (χ2v) is 7.39. The fourth-order valence-electron chi connectivity index (χ4n) is 3.65. The molecule has 2 aromatic rings. The van der Waals surface area contributed by atoms with Gasteiger partial charge in [-0.25, -0.2) is 9.97 Å². The molecule has 0 saturated carbocycles. The van der Waals surface area contributed by atoms with E-state index in [9.17, 15) is 0 Å². The van der Waals surface area contributed by atoms with Gasteiger partial charge in [0.2, 0.25) is 5.95 Å². The van der Waals surface area contributed by atoms with Crippen molar-refractivity contribution in [2.45, 2.75) is 6.54 Å². The van der Waals surface area contributed by atoms with Crippen molar-refractivity contribution in [3.63, 3.8) is 0 Å². The third-order valence-electron chi connectivity index (χ3n) is 5.39. The summed E-state index contributed by atoms with van der Waals surface area (Å²) in [5.74, 6) is 3.26. The molecule has 0 unspecified atom stereocenters. The van der Waals surface area contributed by atoms with E-state index in [0.29, 0.717) is 6.54 Å². The fourth-order valence-corrected chi connectivity index (χ4v) is 3.65. The average Bonchev–Trinajstić information content (AvgIpc) is 2.83. The van der Waals surface area contributed by atoms with Gasteiger partial charge in [-0.2, -0.15) is 0 Å². The van der Waals surface area contributed by atoms with Gasteiger partial charge in [0.1, 0.15) is 11.5 Å². The molecule has 1 aliphatic heterocycles. The fraction of sp³-hybridized carbons (Fsp3) is 0.500. The van der Waals surface area contributed by atoms with Gasteiger partial charge in [0.15, 0.2) is 5.96 Å². The van der Waals surface area contributed by atoms with Crippen LogP contribution in [-0.2, 0) is 6.54 Å². The van der Waals surface area contributed by atoms with Crippen LogP contribution in [0.15, 0.2) is 41.7 Å². The van der Waals surface area contributed by atoms with Crippen molar-refractivity contribution >= 4 is 11.9 Å². The van der Waals surface area contributed by atoms with Crippen LogP contribution in [0.2, 0.25) is 0 Å². The molecule has 1 fully saturated rings. The lowest BCUT2D eigenvalue weighted by Crippen LogP contribution is -2.49. The number of piperazine rings is 1. The van der Waals surface area contributed by atoms with E-state index in [1.807, 2.05) is 38.4 Å². The van der Waals surface area contributed by atoms with Crippen molar-refractivity contribution in [2.75, 3.05) is 72.5 Å². The van der Waals surface area contributed by atoms with E-state index in [0.717, 1.165) is 68.2 Å². The van der Waals surface area contributed by atoms with Crippen molar-refractivity contribution in [1.29, 1.82) is 0 Å². The number of hydrogen-bond donors (Lipinski definition) is 1. The number of methoxy groups -OCH3 is 2. The van der Waals surface area contributed by atoms with Gasteiger partial charge in [-0.1, -0.05) is 0 Å². The minimum Gasteiger partial charge on any atom is -0.497 e. The van der Waals surface area contributed by atoms with Gasteiger partial charge in [-0.15, -0.1) is 0 Å². The largest absolute Gasteiger partial charge is 0.497 e. The number of aromatic nitrogens is 2. The zero-order chi connectivity index (χ0) is 22.1. The quantitative estimate of drug-likeness (QED) is 0.499. The molecule has 0 atom stereocenters. The molecule has 0 amide bonds. The van der Waals surface area contributed by atoms with Crippen LogP contribution < -0.4 is 19.7 Å². The minimum absolute atomic E-state index is 0.683. The maximum absolute atomic E-state index is 5.52. The molecule has 1 aromatic heterocycles. The number of aliphatic imine (C=N–C) groups is 1. The average molecular weight is 428 g/mol. The highest BCUT2D eigenvalue weighted by Gasteiger charge is 2.18. The molecule has 168 valence electrons. The molecule has 31 heavy (non-hydrogen) atoms. The molecule has 2 heterocycles. The number of rotatable bonds is 8. The first-order valence-corrected chi connectivity index (χ1v) is 10.5. The van der Waals surface area contributed by atoms with Crippen molar-refractivity contribution in [1.82, 2.24) is 25.1 Å².